The van der Waals surface area contributed by atoms with Crippen molar-refractivity contribution in [2.45, 2.75) is 32.7 Å². The van der Waals surface area contributed by atoms with Gasteiger partial charge in [-0.2, -0.15) is 0 Å². The average Bonchev–Trinajstić information content (AvgIpc) is 2.58. The van der Waals surface area contributed by atoms with Crippen LogP contribution in [-0.4, -0.2) is 44.1 Å². The highest BCUT2D eigenvalue weighted by Gasteiger charge is 2.16. The van der Waals surface area contributed by atoms with Crippen molar-refractivity contribution >= 4 is 17.8 Å². The van der Waals surface area contributed by atoms with Gasteiger partial charge in [-0.25, -0.2) is 4.39 Å². The Balaban J connectivity index is 2.39. The van der Waals surface area contributed by atoms with Crippen molar-refractivity contribution in [2.24, 2.45) is 0 Å². The number of amides is 2. The lowest BCUT2D eigenvalue weighted by Gasteiger charge is -2.13. The standard InChI is InChI=1S/C17H23FN2O5/c1-4-7-19-17(23)11(2)20-15(21)10-25-16(22)9-12-5-6-14(24-3)13(18)8-12/h5-6,8,11H,4,7,9-10H2,1-3H3,(H,19,23)(H,20,21)/t11-/m0/s1. The molecule has 138 valence electrons. The zero-order valence-corrected chi connectivity index (χ0v) is 14.6. The summed E-state index contributed by atoms with van der Waals surface area (Å²) >= 11 is 0. The normalized spacial score (nSPS) is 11.4. The van der Waals surface area contributed by atoms with E-state index < -0.39 is 30.3 Å². The number of nitrogens with one attached hydrogen (secondary N) is 2. The number of methoxy groups -OCH3 is 1. The molecule has 0 radical (unpaired) electrons. The second-order valence-electron chi connectivity index (χ2n) is 5.39. The van der Waals surface area contributed by atoms with Crippen LogP contribution in [0.5, 0.6) is 5.75 Å². The van der Waals surface area contributed by atoms with Gasteiger partial charge in [-0.1, -0.05) is 13.0 Å². The summed E-state index contributed by atoms with van der Waals surface area (Å²) in [5.74, 6) is -2.09. The van der Waals surface area contributed by atoms with Gasteiger partial charge < -0.3 is 20.1 Å². The molecule has 2 N–H and O–H groups in total. The number of halogens is 1. The number of benzene rings is 1. The van der Waals surface area contributed by atoms with E-state index in [4.69, 9.17) is 9.47 Å². The number of esters is 1. The van der Waals surface area contributed by atoms with Crippen molar-refractivity contribution in [1.82, 2.24) is 10.6 Å². The predicted octanol–water partition coefficient (Wildman–Crippen LogP) is 0.951. The topological polar surface area (TPSA) is 93.7 Å². The Labute approximate surface area is 145 Å². The van der Waals surface area contributed by atoms with Crippen molar-refractivity contribution in [3.05, 3.63) is 29.6 Å². The van der Waals surface area contributed by atoms with Crippen molar-refractivity contribution in [3.63, 3.8) is 0 Å². The fraction of sp³-hybridized carbons (Fsp3) is 0.471. The minimum atomic E-state index is -0.728. The summed E-state index contributed by atoms with van der Waals surface area (Å²) in [5.41, 5.74) is 0.399. The highest BCUT2D eigenvalue weighted by molar-refractivity contribution is 5.88. The van der Waals surface area contributed by atoms with E-state index in [9.17, 15) is 18.8 Å². The molecule has 0 fully saturated rings. The molecule has 7 nitrogen and oxygen atoms in total. The maximum Gasteiger partial charge on any atom is 0.310 e. The molecule has 0 saturated heterocycles. The third-order valence-corrected chi connectivity index (χ3v) is 3.25. The van der Waals surface area contributed by atoms with E-state index in [1.54, 1.807) is 0 Å². The monoisotopic (exact) mass is 354 g/mol. The van der Waals surface area contributed by atoms with Crippen LogP contribution < -0.4 is 15.4 Å². The lowest BCUT2D eigenvalue weighted by atomic mass is 10.1. The fourth-order valence-corrected chi connectivity index (χ4v) is 1.93. The molecule has 0 aliphatic rings. The Hall–Kier alpha value is -2.64. The summed E-state index contributed by atoms with van der Waals surface area (Å²) in [4.78, 5) is 35.0. The average molecular weight is 354 g/mol. The largest absolute Gasteiger partial charge is 0.494 e. The SMILES string of the molecule is CCCNC(=O)[C@H](C)NC(=O)COC(=O)Cc1ccc(OC)c(F)c1. The summed E-state index contributed by atoms with van der Waals surface area (Å²) in [6.45, 7) is 3.46. The highest BCUT2D eigenvalue weighted by Crippen LogP contribution is 2.18. The first-order chi connectivity index (χ1) is 11.9. The van der Waals surface area contributed by atoms with Crippen LogP contribution in [0, 0.1) is 5.82 Å². The second kappa shape index (κ2) is 10.3. The van der Waals surface area contributed by atoms with Gasteiger partial charge >= 0.3 is 5.97 Å². The molecule has 0 bridgehead atoms. The Bertz CT molecular complexity index is 621. The molecule has 1 rings (SSSR count). The van der Waals surface area contributed by atoms with Crippen molar-refractivity contribution in [2.75, 3.05) is 20.3 Å². The second-order valence-corrected chi connectivity index (χ2v) is 5.39. The van der Waals surface area contributed by atoms with Crippen molar-refractivity contribution < 1.29 is 28.2 Å². The molecule has 1 atom stereocenters. The smallest absolute Gasteiger partial charge is 0.310 e. The molecule has 8 heteroatoms. The molecule has 0 aliphatic heterocycles. The van der Waals surface area contributed by atoms with Gasteiger partial charge in [0, 0.05) is 6.54 Å². The number of ether oxygens (including phenoxy) is 2. The van der Waals surface area contributed by atoms with Crippen LogP contribution in [0.4, 0.5) is 4.39 Å². The molecule has 1 aromatic rings. The van der Waals surface area contributed by atoms with Gasteiger partial charge in [0.05, 0.1) is 13.5 Å². The van der Waals surface area contributed by atoms with E-state index in [1.807, 2.05) is 6.92 Å². The van der Waals surface area contributed by atoms with Gasteiger partial charge in [-0.15, -0.1) is 0 Å². The van der Waals surface area contributed by atoms with Gasteiger partial charge in [-0.05, 0) is 31.0 Å². The van der Waals surface area contributed by atoms with E-state index in [-0.39, 0.29) is 18.1 Å². The predicted molar refractivity (Wildman–Crippen MR) is 88.5 cm³/mol. The van der Waals surface area contributed by atoms with E-state index in [1.165, 1.54) is 32.2 Å². The van der Waals surface area contributed by atoms with Gasteiger partial charge in [0.25, 0.3) is 5.91 Å². The Morgan fingerprint density at radius 3 is 2.60 bits per heavy atom. The van der Waals surface area contributed by atoms with E-state index in [0.717, 1.165) is 6.42 Å². The van der Waals surface area contributed by atoms with Crippen molar-refractivity contribution in [1.29, 1.82) is 0 Å². The van der Waals surface area contributed by atoms with Gasteiger partial charge in [0.15, 0.2) is 18.2 Å². The van der Waals surface area contributed by atoms with Gasteiger partial charge in [0.1, 0.15) is 6.04 Å². The van der Waals surface area contributed by atoms with Crippen LogP contribution in [-0.2, 0) is 25.5 Å². The van der Waals surface area contributed by atoms with Gasteiger partial charge in [-0.3, -0.25) is 14.4 Å². The van der Waals surface area contributed by atoms with Crippen LogP contribution in [0.15, 0.2) is 18.2 Å². The first kappa shape index (κ1) is 20.4. The van der Waals surface area contributed by atoms with E-state index in [0.29, 0.717) is 12.1 Å². The zero-order valence-electron chi connectivity index (χ0n) is 14.6. The minimum Gasteiger partial charge on any atom is -0.494 e. The number of hydrogen-bond acceptors (Lipinski definition) is 5. The quantitative estimate of drug-likeness (QED) is 0.644. The molecule has 1 aromatic carbocycles. The maximum atomic E-state index is 13.5. The number of hydrogen-bond donors (Lipinski definition) is 2. The van der Waals surface area contributed by atoms with Crippen LogP contribution >= 0.6 is 0 Å². The summed E-state index contributed by atoms with van der Waals surface area (Å²) in [6, 6.07) is 3.37. The lowest BCUT2D eigenvalue weighted by Crippen LogP contribution is -2.46. The van der Waals surface area contributed by atoms with Crippen LogP contribution in [0.25, 0.3) is 0 Å². The molecule has 25 heavy (non-hydrogen) atoms. The molecule has 0 saturated carbocycles. The summed E-state index contributed by atoms with van der Waals surface area (Å²) in [5, 5.41) is 5.07. The van der Waals surface area contributed by atoms with Crippen LogP contribution in [0.1, 0.15) is 25.8 Å². The maximum absolute atomic E-state index is 13.5. The molecule has 2 amide bonds. The third-order valence-electron chi connectivity index (χ3n) is 3.25. The molecular formula is C17H23FN2O5. The van der Waals surface area contributed by atoms with Crippen LogP contribution in [0.3, 0.4) is 0 Å². The summed E-state index contributed by atoms with van der Waals surface area (Å²) in [7, 11) is 1.34. The molecular weight excluding hydrogens is 331 g/mol. The Morgan fingerprint density at radius 1 is 1.28 bits per heavy atom. The molecule has 0 aliphatic carbocycles. The first-order valence-corrected chi connectivity index (χ1v) is 7.92. The van der Waals surface area contributed by atoms with Gasteiger partial charge in [0.2, 0.25) is 5.91 Å². The van der Waals surface area contributed by atoms with Crippen molar-refractivity contribution in [3.8, 4) is 5.75 Å². The minimum absolute atomic E-state index is 0.0758. The fourth-order valence-electron chi connectivity index (χ4n) is 1.93. The lowest BCUT2D eigenvalue weighted by molar-refractivity contribution is -0.148. The van der Waals surface area contributed by atoms with E-state index in [2.05, 4.69) is 10.6 Å². The molecule has 0 aromatic heterocycles. The molecule has 0 spiro atoms. The number of carbonyl (C=O) groups excluding carboxylic acids is 3. The first-order valence-electron chi connectivity index (χ1n) is 7.92. The van der Waals surface area contributed by atoms with E-state index >= 15 is 0 Å². The Kier molecular flexibility index (Phi) is 8.38. The third kappa shape index (κ3) is 7.19. The Morgan fingerprint density at radius 2 is 2.00 bits per heavy atom. The number of carbonyl (C=O) groups is 3. The molecule has 0 heterocycles. The highest BCUT2D eigenvalue weighted by atomic mass is 19.1. The summed E-state index contributed by atoms with van der Waals surface area (Å²) in [6.07, 6.45) is 0.608. The zero-order chi connectivity index (χ0) is 18.8. The number of rotatable bonds is 9. The summed E-state index contributed by atoms with van der Waals surface area (Å²) < 4.78 is 23.2. The molecule has 0 unspecified atom stereocenters. The van der Waals surface area contributed by atoms with Crippen LogP contribution in [0.2, 0.25) is 0 Å².